The summed E-state index contributed by atoms with van der Waals surface area (Å²) in [5.41, 5.74) is 2.43. The van der Waals surface area contributed by atoms with Gasteiger partial charge < -0.3 is 26.0 Å². The predicted octanol–water partition coefficient (Wildman–Crippen LogP) is 3.46. The molecule has 52 heavy (non-hydrogen) atoms. The maximum atomic E-state index is 12.5. The molecule has 2 aromatic rings. The number of carbonyl (C=O) groups is 2. The second-order valence-electron chi connectivity index (χ2n) is 13.9. The summed E-state index contributed by atoms with van der Waals surface area (Å²) in [4.78, 5) is 32.0. The van der Waals surface area contributed by atoms with Gasteiger partial charge in [-0.2, -0.15) is 10.5 Å². The van der Waals surface area contributed by atoms with Gasteiger partial charge >= 0.3 is 0 Å². The Morgan fingerprint density at radius 1 is 0.731 bits per heavy atom. The summed E-state index contributed by atoms with van der Waals surface area (Å²) in [5, 5.41) is 35.4. The van der Waals surface area contributed by atoms with Gasteiger partial charge in [0.25, 0.3) is 0 Å². The van der Waals surface area contributed by atoms with E-state index in [4.69, 9.17) is 15.3 Å². The van der Waals surface area contributed by atoms with E-state index >= 15 is 0 Å². The first kappa shape index (κ1) is 39.6. The van der Waals surface area contributed by atoms with E-state index in [1.165, 1.54) is 11.1 Å². The molecule has 2 aliphatic carbocycles. The molecule has 1 unspecified atom stereocenters. The lowest BCUT2D eigenvalue weighted by Gasteiger charge is -2.41. The highest BCUT2D eigenvalue weighted by molar-refractivity contribution is 5.82. The molecule has 1 heterocycles. The third-order valence-corrected chi connectivity index (χ3v) is 10.6. The van der Waals surface area contributed by atoms with Crippen LogP contribution in [0.3, 0.4) is 0 Å². The standard InChI is InChI=1S/C21H29N5O2.C18H25N5O/c1-23-20(25-15-22)26-17-9-11-21(12-10-17,16-6-3-2-4-7-16)14-24-19(27)18-8-5-13-28-18;1-14(24)21-12-18(15-6-4-3-5-7-15)10-8-16(9-11-18)23-17(20-2)22-13-19/h2-4,6-7,17-18H,5,8-14H2,1H3,(H,24,27)(H2,23,25,26);3-7,16H,8-12H2,1-2H3,(H,21,24)(H2,20,22,23). The molecule has 3 fully saturated rings. The van der Waals surface area contributed by atoms with Gasteiger partial charge in [-0.1, -0.05) is 60.7 Å². The molecule has 278 valence electrons. The van der Waals surface area contributed by atoms with Crippen LogP contribution in [-0.2, 0) is 25.2 Å². The Balaban J connectivity index is 0.000000236. The number of hydrogen-bond donors (Lipinski definition) is 6. The van der Waals surface area contributed by atoms with E-state index in [9.17, 15) is 9.59 Å². The van der Waals surface area contributed by atoms with Crippen molar-refractivity contribution < 1.29 is 14.3 Å². The van der Waals surface area contributed by atoms with Gasteiger partial charge in [-0.3, -0.25) is 30.2 Å². The lowest BCUT2D eigenvalue weighted by molar-refractivity contribution is -0.130. The second-order valence-corrected chi connectivity index (χ2v) is 13.9. The number of carbonyl (C=O) groups excluding carboxylic acids is 2. The lowest BCUT2D eigenvalue weighted by Crippen LogP contribution is -2.50. The van der Waals surface area contributed by atoms with Crippen molar-refractivity contribution in [2.24, 2.45) is 9.98 Å². The summed E-state index contributed by atoms with van der Waals surface area (Å²) in [6.07, 6.45) is 12.9. The fourth-order valence-electron chi connectivity index (χ4n) is 7.60. The van der Waals surface area contributed by atoms with Gasteiger partial charge in [0.15, 0.2) is 12.4 Å². The minimum Gasteiger partial charge on any atom is -0.368 e. The van der Waals surface area contributed by atoms with Crippen LogP contribution in [0.4, 0.5) is 0 Å². The largest absolute Gasteiger partial charge is 0.368 e. The van der Waals surface area contributed by atoms with Crippen LogP contribution in [-0.4, -0.2) is 75.7 Å². The number of nitrogens with one attached hydrogen (secondary N) is 6. The fourth-order valence-corrected chi connectivity index (χ4v) is 7.60. The first-order chi connectivity index (χ1) is 25.3. The highest BCUT2D eigenvalue weighted by Crippen LogP contribution is 2.40. The molecule has 1 atom stereocenters. The molecule has 0 spiro atoms. The normalized spacial score (nSPS) is 25.9. The Hall–Kier alpha value is -5.14. The van der Waals surface area contributed by atoms with Crippen molar-refractivity contribution in [1.29, 1.82) is 10.5 Å². The van der Waals surface area contributed by atoms with Gasteiger partial charge in [0.2, 0.25) is 23.7 Å². The van der Waals surface area contributed by atoms with Crippen molar-refractivity contribution in [3.63, 3.8) is 0 Å². The monoisotopic (exact) mass is 710 g/mol. The number of benzene rings is 2. The molecule has 0 radical (unpaired) electrons. The number of nitrogens with zero attached hydrogens (tertiary/aromatic N) is 4. The number of guanidine groups is 2. The van der Waals surface area contributed by atoms with E-state index in [0.29, 0.717) is 31.6 Å². The Labute approximate surface area is 308 Å². The van der Waals surface area contributed by atoms with Crippen LogP contribution >= 0.6 is 0 Å². The third-order valence-electron chi connectivity index (χ3n) is 10.6. The Kier molecular flexibility index (Phi) is 15.3. The zero-order valence-electron chi connectivity index (χ0n) is 30.7. The SMILES string of the molecule is CN=C(NC#N)NC1CCC(CNC(=O)C2CCCO2)(c2ccccc2)CC1.CN=C(NC#N)NC1CCC(CNC(C)=O)(c2ccccc2)CC1. The van der Waals surface area contributed by atoms with E-state index in [-0.39, 0.29) is 40.8 Å². The first-order valence-corrected chi connectivity index (χ1v) is 18.3. The van der Waals surface area contributed by atoms with Gasteiger partial charge in [-0.05, 0) is 75.3 Å². The van der Waals surface area contributed by atoms with Gasteiger partial charge in [0.1, 0.15) is 6.10 Å². The molecule has 3 aliphatic rings. The van der Waals surface area contributed by atoms with E-state index in [1.807, 2.05) is 36.7 Å². The quantitative estimate of drug-likeness (QED) is 0.0981. The maximum Gasteiger partial charge on any atom is 0.249 e. The molecule has 1 aliphatic heterocycles. The Morgan fingerprint density at radius 3 is 1.54 bits per heavy atom. The van der Waals surface area contributed by atoms with Crippen LogP contribution < -0.4 is 31.9 Å². The van der Waals surface area contributed by atoms with E-state index < -0.39 is 0 Å². The number of nitriles is 2. The third kappa shape index (κ3) is 11.2. The summed E-state index contributed by atoms with van der Waals surface area (Å²) in [6, 6.07) is 21.4. The van der Waals surface area contributed by atoms with Crippen LogP contribution in [0.5, 0.6) is 0 Å². The van der Waals surface area contributed by atoms with E-state index in [0.717, 1.165) is 64.2 Å². The van der Waals surface area contributed by atoms with Crippen LogP contribution in [0.1, 0.15) is 82.3 Å². The average Bonchev–Trinajstić information content (AvgIpc) is 3.74. The van der Waals surface area contributed by atoms with Gasteiger partial charge in [-0.25, -0.2) is 0 Å². The van der Waals surface area contributed by atoms with Crippen molar-refractivity contribution in [1.82, 2.24) is 31.9 Å². The van der Waals surface area contributed by atoms with E-state index in [1.54, 1.807) is 21.0 Å². The summed E-state index contributed by atoms with van der Waals surface area (Å²) in [6.45, 7) is 3.51. The average molecular weight is 711 g/mol. The Morgan fingerprint density at radius 2 is 1.17 bits per heavy atom. The van der Waals surface area contributed by atoms with Gasteiger partial charge in [0, 0.05) is 63.6 Å². The Bertz CT molecular complexity index is 1560. The minimum atomic E-state index is -0.300. The van der Waals surface area contributed by atoms with Crippen molar-refractivity contribution in [2.75, 3.05) is 33.8 Å². The van der Waals surface area contributed by atoms with Crippen LogP contribution in [0.25, 0.3) is 0 Å². The molecular formula is C39H54N10O3. The molecule has 5 rings (SSSR count). The molecule has 6 N–H and O–H groups in total. The van der Waals surface area contributed by atoms with Crippen molar-refractivity contribution >= 4 is 23.7 Å². The maximum absolute atomic E-state index is 12.5. The zero-order chi connectivity index (χ0) is 37.2. The molecule has 2 saturated carbocycles. The van der Waals surface area contributed by atoms with Gasteiger partial charge in [0.05, 0.1) is 0 Å². The molecule has 1 saturated heterocycles. The summed E-state index contributed by atoms with van der Waals surface area (Å²) in [7, 11) is 3.31. The highest BCUT2D eigenvalue weighted by atomic mass is 16.5. The molecule has 13 nitrogen and oxygen atoms in total. The van der Waals surface area contributed by atoms with Crippen LogP contribution in [0, 0.1) is 22.9 Å². The molecular weight excluding hydrogens is 656 g/mol. The van der Waals surface area contributed by atoms with Crippen molar-refractivity contribution in [3.05, 3.63) is 71.8 Å². The smallest absolute Gasteiger partial charge is 0.249 e. The molecule has 2 aromatic carbocycles. The topological polar surface area (TPSA) is 188 Å². The van der Waals surface area contributed by atoms with Crippen LogP contribution in [0.2, 0.25) is 0 Å². The van der Waals surface area contributed by atoms with Crippen molar-refractivity contribution in [3.8, 4) is 12.4 Å². The number of ether oxygens (including phenoxy) is 1. The fraction of sp³-hybridized carbons (Fsp3) is 0.538. The predicted molar refractivity (Wildman–Crippen MR) is 202 cm³/mol. The summed E-state index contributed by atoms with van der Waals surface area (Å²) in [5.74, 6) is 1.03. The first-order valence-electron chi connectivity index (χ1n) is 18.3. The number of hydrogen-bond acceptors (Lipinski definition) is 7. The molecule has 0 bridgehead atoms. The molecule has 0 aromatic heterocycles. The van der Waals surface area contributed by atoms with Gasteiger partial charge in [-0.15, -0.1) is 0 Å². The summed E-state index contributed by atoms with van der Waals surface area (Å²) < 4.78 is 5.52. The number of amides is 2. The minimum absolute atomic E-state index is 0.00387. The van der Waals surface area contributed by atoms with Crippen LogP contribution in [0.15, 0.2) is 70.6 Å². The lowest BCUT2D eigenvalue weighted by atomic mass is 9.68. The van der Waals surface area contributed by atoms with Crippen molar-refractivity contribution in [2.45, 2.75) is 100 Å². The molecule has 2 amide bonds. The van der Waals surface area contributed by atoms with E-state index in [2.05, 4.69) is 78.3 Å². The highest BCUT2D eigenvalue weighted by Gasteiger charge is 2.39. The number of rotatable bonds is 9. The number of aliphatic imine (C=N–C) groups is 2. The summed E-state index contributed by atoms with van der Waals surface area (Å²) >= 11 is 0. The molecule has 13 heteroatoms. The second kappa shape index (κ2) is 20.0. The zero-order valence-corrected chi connectivity index (χ0v) is 30.7.